The normalized spacial score (nSPS) is 12.5. The van der Waals surface area contributed by atoms with Crippen molar-refractivity contribution < 1.29 is 9.47 Å². The minimum absolute atomic E-state index is 0.00127. The van der Waals surface area contributed by atoms with Gasteiger partial charge in [-0.3, -0.25) is 0 Å². The fourth-order valence-electron chi connectivity index (χ4n) is 1.91. The molecule has 1 rings (SSSR count). The smallest absolute Gasteiger partial charge is 0.161 e. The monoisotopic (exact) mass is 266 g/mol. The maximum atomic E-state index is 5.86. The summed E-state index contributed by atoms with van der Waals surface area (Å²) in [6.07, 6.45) is 0. The summed E-state index contributed by atoms with van der Waals surface area (Å²) < 4.78 is 11.1. The highest BCUT2D eigenvalue weighted by Crippen LogP contribution is 2.29. The average molecular weight is 266 g/mol. The highest BCUT2D eigenvalue weighted by molar-refractivity contribution is 5.43. The molecule has 0 aliphatic heterocycles. The van der Waals surface area contributed by atoms with Crippen molar-refractivity contribution in [3.05, 3.63) is 23.8 Å². The van der Waals surface area contributed by atoms with Gasteiger partial charge in [-0.25, -0.2) is 0 Å². The molecule has 1 aromatic rings. The molecule has 0 saturated heterocycles. The van der Waals surface area contributed by atoms with Crippen LogP contribution in [0.3, 0.4) is 0 Å². The zero-order valence-corrected chi connectivity index (χ0v) is 12.5. The van der Waals surface area contributed by atoms with Gasteiger partial charge in [-0.2, -0.15) is 0 Å². The van der Waals surface area contributed by atoms with Gasteiger partial charge in [0, 0.05) is 12.6 Å². The first-order valence-corrected chi connectivity index (χ1v) is 6.91. The Balaban J connectivity index is 2.63. The molecule has 4 nitrogen and oxygen atoms in total. The number of rotatable bonds is 8. The Bertz CT molecular complexity index is 376. The van der Waals surface area contributed by atoms with E-state index in [1.807, 2.05) is 25.1 Å². The Morgan fingerprint density at radius 3 is 2.42 bits per heavy atom. The average Bonchev–Trinajstić information content (AvgIpc) is 2.43. The second kappa shape index (κ2) is 8.02. The molecule has 1 atom stereocenters. The molecule has 4 heteroatoms. The molecule has 0 saturated carbocycles. The first kappa shape index (κ1) is 15.8. The van der Waals surface area contributed by atoms with Crippen molar-refractivity contribution in [3.63, 3.8) is 0 Å². The molecule has 0 aliphatic rings. The summed E-state index contributed by atoms with van der Waals surface area (Å²) in [5, 5.41) is 0. The number of benzene rings is 1. The van der Waals surface area contributed by atoms with Crippen LogP contribution in [0.2, 0.25) is 0 Å². The number of nitrogens with zero attached hydrogens (tertiary/aromatic N) is 1. The Morgan fingerprint density at radius 1 is 1.21 bits per heavy atom. The molecule has 0 heterocycles. The van der Waals surface area contributed by atoms with E-state index in [9.17, 15) is 0 Å². The first-order valence-electron chi connectivity index (χ1n) is 6.91. The van der Waals surface area contributed by atoms with Gasteiger partial charge in [0.2, 0.25) is 0 Å². The van der Waals surface area contributed by atoms with E-state index in [2.05, 4.69) is 18.7 Å². The van der Waals surface area contributed by atoms with Gasteiger partial charge in [-0.05, 0) is 37.7 Å². The number of hydrogen-bond donors (Lipinski definition) is 1. The summed E-state index contributed by atoms with van der Waals surface area (Å²) in [5.41, 5.74) is 6.91. The molecule has 19 heavy (non-hydrogen) atoms. The third-order valence-corrected chi connectivity index (χ3v) is 3.27. The van der Waals surface area contributed by atoms with Crippen molar-refractivity contribution >= 4 is 0 Å². The molecule has 0 fully saturated rings. The van der Waals surface area contributed by atoms with Crippen LogP contribution in [0.5, 0.6) is 11.5 Å². The fraction of sp³-hybridized carbons (Fsp3) is 0.600. The van der Waals surface area contributed by atoms with E-state index in [1.165, 1.54) is 0 Å². The third-order valence-electron chi connectivity index (χ3n) is 3.27. The van der Waals surface area contributed by atoms with Crippen LogP contribution >= 0.6 is 0 Å². The van der Waals surface area contributed by atoms with Gasteiger partial charge in [0.15, 0.2) is 11.5 Å². The van der Waals surface area contributed by atoms with Gasteiger partial charge < -0.3 is 20.1 Å². The molecule has 2 N–H and O–H groups in total. The number of ether oxygens (including phenoxy) is 2. The lowest BCUT2D eigenvalue weighted by molar-refractivity contribution is 0.217. The molecule has 1 aromatic carbocycles. The van der Waals surface area contributed by atoms with Crippen LogP contribution in [0.4, 0.5) is 0 Å². The van der Waals surface area contributed by atoms with Crippen LogP contribution in [-0.2, 0) is 0 Å². The van der Waals surface area contributed by atoms with E-state index in [0.29, 0.717) is 6.61 Å². The Labute approximate surface area is 116 Å². The molecule has 0 radical (unpaired) electrons. The second-order valence-electron chi connectivity index (χ2n) is 4.57. The van der Waals surface area contributed by atoms with Crippen LogP contribution in [0.25, 0.3) is 0 Å². The number of nitrogens with two attached hydrogens (primary N) is 1. The van der Waals surface area contributed by atoms with E-state index in [4.69, 9.17) is 15.2 Å². The van der Waals surface area contributed by atoms with Gasteiger partial charge in [0.1, 0.15) is 6.61 Å². The van der Waals surface area contributed by atoms with Crippen LogP contribution in [0.15, 0.2) is 18.2 Å². The predicted molar refractivity (Wildman–Crippen MR) is 78.9 cm³/mol. The summed E-state index contributed by atoms with van der Waals surface area (Å²) in [4.78, 5) is 2.32. The predicted octanol–water partition coefficient (Wildman–Crippen LogP) is 2.44. The topological polar surface area (TPSA) is 47.7 Å². The zero-order chi connectivity index (χ0) is 14.3. The molecule has 0 aromatic heterocycles. The largest absolute Gasteiger partial charge is 0.493 e. The van der Waals surface area contributed by atoms with Gasteiger partial charge in [0.25, 0.3) is 0 Å². The number of hydrogen-bond acceptors (Lipinski definition) is 4. The molecule has 1 unspecified atom stereocenters. The molecule has 108 valence electrons. The molecule has 0 bridgehead atoms. The Kier molecular flexibility index (Phi) is 6.67. The highest BCUT2D eigenvalue weighted by atomic mass is 16.5. The standard InChI is InChI=1S/C15H26N2O2/c1-5-17(6-2)9-10-19-14-8-7-13(12(3)16)11-15(14)18-4/h7-8,11-12H,5-6,9-10,16H2,1-4H3. The van der Waals surface area contributed by atoms with E-state index >= 15 is 0 Å². The summed E-state index contributed by atoms with van der Waals surface area (Å²) in [6.45, 7) is 9.93. The lowest BCUT2D eigenvalue weighted by Crippen LogP contribution is -2.27. The molecule has 0 amide bonds. The summed E-state index contributed by atoms with van der Waals surface area (Å²) >= 11 is 0. The summed E-state index contributed by atoms with van der Waals surface area (Å²) in [5.74, 6) is 1.52. The maximum absolute atomic E-state index is 5.86. The summed E-state index contributed by atoms with van der Waals surface area (Å²) in [7, 11) is 1.65. The Hall–Kier alpha value is -1.26. The van der Waals surface area contributed by atoms with Crippen molar-refractivity contribution in [2.45, 2.75) is 26.8 Å². The Morgan fingerprint density at radius 2 is 1.89 bits per heavy atom. The minimum atomic E-state index is -0.00127. The third kappa shape index (κ3) is 4.73. The van der Waals surface area contributed by atoms with E-state index < -0.39 is 0 Å². The van der Waals surface area contributed by atoms with Crippen LogP contribution in [0, 0.1) is 0 Å². The van der Waals surface area contributed by atoms with Gasteiger partial charge in [-0.1, -0.05) is 19.9 Å². The fourth-order valence-corrected chi connectivity index (χ4v) is 1.91. The van der Waals surface area contributed by atoms with Crippen molar-refractivity contribution in [1.29, 1.82) is 0 Å². The van der Waals surface area contributed by atoms with E-state index in [0.717, 1.165) is 36.7 Å². The van der Waals surface area contributed by atoms with E-state index in [1.54, 1.807) is 7.11 Å². The lowest BCUT2D eigenvalue weighted by atomic mass is 10.1. The summed E-state index contributed by atoms with van der Waals surface area (Å²) in [6, 6.07) is 5.86. The van der Waals surface area contributed by atoms with Crippen LogP contribution in [0.1, 0.15) is 32.4 Å². The molecular weight excluding hydrogens is 240 g/mol. The zero-order valence-electron chi connectivity index (χ0n) is 12.5. The van der Waals surface area contributed by atoms with Gasteiger partial charge in [0.05, 0.1) is 7.11 Å². The quantitative estimate of drug-likeness (QED) is 0.785. The number of likely N-dealkylation sites (N-methyl/N-ethyl adjacent to an activating group) is 1. The molecule has 0 aliphatic carbocycles. The van der Waals surface area contributed by atoms with Crippen molar-refractivity contribution in [3.8, 4) is 11.5 Å². The van der Waals surface area contributed by atoms with E-state index in [-0.39, 0.29) is 6.04 Å². The van der Waals surface area contributed by atoms with Crippen LogP contribution < -0.4 is 15.2 Å². The maximum Gasteiger partial charge on any atom is 0.161 e. The van der Waals surface area contributed by atoms with Crippen molar-refractivity contribution in [1.82, 2.24) is 4.90 Å². The molecular formula is C15H26N2O2. The number of methoxy groups -OCH3 is 1. The van der Waals surface area contributed by atoms with Crippen molar-refractivity contribution in [2.24, 2.45) is 5.73 Å². The van der Waals surface area contributed by atoms with Crippen molar-refractivity contribution in [2.75, 3.05) is 33.4 Å². The van der Waals surface area contributed by atoms with Gasteiger partial charge >= 0.3 is 0 Å². The second-order valence-corrected chi connectivity index (χ2v) is 4.57. The lowest BCUT2D eigenvalue weighted by Gasteiger charge is -2.19. The first-order chi connectivity index (χ1) is 9.12. The molecule has 0 spiro atoms. The highest BCUT2D eigenvalue weighted by Gasteiger charge is 2.08. The van der Waals surface area contributed by atoms with Crippen LogP contribution in [-0.4, -0.2) is 38.3 Å². The SMILES string of the molecule is CCN(CC)CCOc1ccc(C(C)N)cc1OC. The minimum Gasteiger partial charge on any atom is -0.493 e. The van der Waals surface area contributed by atoms with Gasteiger partial charge in [-0.15, -0.1) is 0 Å².